The minimum Gasteiger partial charge on any atom is -0.420 e. The zero-order valence-electron chi connectivity index (χ0n) is 15.4. The van der Waals surface area contributed by atoms with Crippen molar-refractivity contribution < 1.29 is 9.21 Å². The van der Waals surface area contributed by atoms with Gasteiger partial charge >= 0.3 is 0 Å². The number of likely N-dealkylation sites (tertiary alicyclic amines) is 1. The molecule has 1 aliphatic rings. The normalized spacial score (nSPS) is 16.5. The second-order valence-electron chi connectivity index (χ2n) is 6.84. The predicted octanol–water partition coefficient (Wildman–Crippen LogP) is 2.83. The molecule has 138 valence electrons. The van der Waals surface area contributed by atoms with Crippen molar-refractivity contribution in [3.8, 4) is 11.5 Å². The summed E-state index contributed by atoms with van der Waals surface area (Å²) in [4.78, 5) is 20.5. The van der Waals surface area contributed by atoms with Crippen molar-refractivity contribution in [2.24, 2.45) is 0 Å². The maximum atomic E-state index is 12.5. The maximum Gasteiger partial charge on any atom is 0.272 e. The van der Waals surface area contributed by atoms with E-state index in [1.54, 1.807) is 23.2 Å². The van der Waals surface area contributed by atoms with Crippen molar-refractivity contribution in [2.45, 2.75) is 12.3 Å². The van der Waals surface area contributed by atoms with Crippen molar-refractivity contribution in [1.29, 1.82) is 0 Å². The zero-order chi connectivity index (χ0) is 18.8. The van der Waals surface area contributed by atoms with Gasteiger partial charge in [-0.2, -0.15) is 0 Å². The van der Waals surface area contributed by atoms with E-state index in [1.807, 2.05) is 49.3 Å². The summed E-state index contributed by atoms with van der Waals surface area (Å²) >= 11 is 0. The minimum atomic E-state index is -0.0582. The van der Waals surface area contributed by atoms with Gasteiger partial charge in [0.1, 0.15) is 5.69 Å². The maximum absolute atomic E-state index is 12.5. The van der Waals surface area contributed by atoms with E-state index in [0.717, 1.165) is 17.7 Å². The highest BCUT2D eigenvalue weighted by molar-refractivity contribution is 5.92. The van der Waals surface area contributed by atoms with Crippen molar-refractivity contribution in [2.75, 3.05) is 32.1 Å². The van der Waals surface area contributed by atoms with E-state index in [-0.39, 0.29) is 11.8 Å². The summed E-state index contributed by atoms with van der Waals surface area (Å²) in [6.07, 6.45) is 2.44. The molecule has 3 aromatic rings. The number of rotatable bonds is 4. The summed E-state index contributed by atoms with van der Waals surface area (Å²) in [5.41, 5.74) is 2.46. The Kier molecular flexibility index (Phi) is 4.58. The molecule has 2 aromatic heterocycles. The first-order valence-corrected chi connectivity index (χ1v) is 8.93. The Labute approximate surface area is 157 Å². The Morgan fingerprint density at radius 3 is 2.67 bits per heavy atom. The van der Waals surface area contributed by atoms with E-state index in [1.165, 1.54) is 0 Å². The van der Waals surface area contributed by atoms with Gasteiger partial charge in [-0.05, 0) is 42.8 Å². The monoisotopic (exact) mass is 363 g/mol. The molecule has 4 rings (SSSR count). The molecule has 1 amide bonds. The SMILES string of the molecule is CN(C)c1ccc(-c2nnc([C@H]3CCN(C(=O)c4ccccn4)C3)o2)cc1. The summed E-state index contributed by atoms with van der Waals surface area (Å²) in [5, 5.41) is 8.41. The number of benzene rings is 1. The number of hydrogen-bond donors (Lipinski definition) is 0. The van der Waals surface area contributed by atoms with Crippen LogP contribution in [0.15, 0.2) is 53.1 Å². The molecular formula is C20H21N5O2. The molecule has 0 bridgehead atoms. The third kappa shape index (κ3) is 3.53. The summed E-state index contributed by atoms with van der Waals surface area (Å²) in [7, 11) is 4.00. The predicted molar refractivity (Wildman–Crippen MR) is 102 cm³/mol. The summed E-state index contributed by atoms with van der Waals surface area (Å²) in [5.74, 6) is 1.08. The smallest absolute Gasteiger partial charge is 0.272 e. The molecule has 0 spiro atoms. The van der Waals surface area contributed by atoms with Crippen LogP contribution in [0.4, 0.5) is 5.69 Å². The fourth-order valence-electron chi connectivity index (χ4n) is 3.22. The van der Waals surface area contributed by atoms with Crippen molar-refractivity contribution in [3.63, 3.8) is 0 Å². The average molecular weight is 363 g/mol. The average Bonchev–Trinajstić information content (AvgIpc) is 3.38. The second kappa shape index (κ2) is 7.19. The Morgan fingerprint density at radius 2 is 1.96 bits per heavy atom. The molecule has 0 aliphatic carbocycles. The molecular weight excluding hydrogens is 342 g/mol. The summed E-state index contributed by atoms with van der Waals surface area (Å²) < 4.78 is 5.90. The van der Waals surface area contributed by atoms with Crippen LogP contribution in [0.1, 0.15) is 28.7 Å². The molecule has 1 fully saturated rings. The Morgan fingerprint density at radius 1 is 1.15 bits per heavy atom. The number of amides is 1. The van der Waals surface area contributed by atoms with Gasteiger partial charge in [0.25, 0.3) is 5.91 Å². The van der Waals surface area contributed by atoms with Gasteiger partial charge in [0.15, 0.2) is 0 Å². The number of carbonyl (C=O) groups excluding carboxylic acids is 1. The molecule has 0 radical (unpaired) electrons. The lowest BCUT2D eigenvalue weighted by Gasteiger charge is -2.14. The lowest BCUT2D eigenvalue weighted by molar-refractivity contribution is 0.0784. The third-order valence-electron chi connectivity index (χ3n) is 4.78. The first-order chi connectivity index (χ1) is 13.1. The molecule has 0 saturated carbocycles. The number of aromatic nitrogens is 3. The topological polar surface area (TPSA) is 75.4 Å². The zero-order valence-corrected chi connectivity index (χ0v) is 15.4. The largest absolute Gasteiger partial charge is 0.420 e. The highest BCUT2D eigenvalue weighted by Crippen LogP contribution is 2.29. The van der Waals surface area contributed by atoms with E-state index in [0.29, 0.717) is 30.6 Å². The van der Waals surface area contributed by atoms with Crippen LogP contribution in [0.3, 0.4) is 0 Å². The van der Waals surface area contributed by atoms with Gasteiger partial charge in [-0.25, -0.2) is 0 Å². The fraction of sp³-hybridized carbons (Fsp3) is 0.300. The van der Waals surface area contributed by atoms with Gasteiger partial charge in [0.2, 0.25) is 11.8 Å². The number of anilines is 1. The van der Waals surface area contributed by atoms with Crippen LogP contribution in [-0.4, -0.2) is 53.2 Å². The first-order valence-electron chi connectivity index (χ1n) is 8.93. The van der Waals surface area contributed by atoms with Gasteiger partial charge < -0.3 is 14.2 Å². The standard InChI is InChI=1S/C20H21N5O2/c1-24(2)16-8-6-14(7-9-16)18-22-23-19(27-18)15-10-12-25(13-15)20(26)17-5-3-4-11-21-17/h3-9,11,15H,10,12-13H2,1-2H3/t15-/m0/s1. The molecule has 7 heteroatoms. The number of hydrogen-bond acceptors (Lipinski definition) is 6. The molecule has 3 heterocycles. The molecule has 7 nitrogen and oxygen atoms in total. The van der Waals surface area contributed by atoms with E-state index in [4.69, 9.17) is 4.42 Å². The lowest BCUT2D eigenvalue weighted by atomic mass is 10.1. The van der Waals surface area contributed by atoms with Crippen molar-refractivity contribution in [1.82, 2.24) is 20.1 Å². The van der Waals surface area contributed by atoms with Crippen LogP contribution in [-0.2, 0) is 0 Å². The molecule has 0 unspecified atom stereocenters. The first kappa shape index (κ1) is 17.2. The lowest BCUT2D eigenvalue weighted by Crippen LogP contribution is -2.29. The number of nitrogens with zero attached hydrogens (tertiary/aromatic N) is 5. The number of pyridine rings is 1. The van der Waals surface area contributed by atoms with E-state index in [2.05, 4.69) is 15.2 Å². The molecule has 27 heavy (non-hydrogen) atoms. The van der Waals surface area contributed by atoms with E-state index in [9.17, 15) is 4.79 Å². The quantitative estimate of drug-likeness (QED) is 0.709. The molecule has 1 aliphatic heterocycles. The Balaban J connectivity index is 1.45. The summed E-state index contributed by atoms with van der Waals surface area (Å²) in [6.45, 7) is 1.23. The van der Waals surface area contributed by atoms with Crippen LogP contribution >= 0.6 is 0 Å². The van der Waals surface area contributed by atoms with Crippen LogP contribution in [0.25, 0.3) is 11.5 Å². The van der Waals surface area contributed by atoms with Crippen LogP contribution in [0.2, 0.25) is 0 Å². The van der Waals surface area contributed by atoms with Gasteiger partial charge in [0.05, 0.1) is 5.92 Å². The van der Waals surface area contributed by atoms with Gasteiger partial charge in [-0.1, -0.05) is 6.07 Å². The summed E-state index contributed by atoms with van der Waals surface area (Å²) in [6, 6.07) is 13.3. The second-order valence-corrected chi connectivity index (χ2v) is 6.84. The van der Waals surface area contributed by atoms with Gasteiger partial charge in [-0.3, -0.25) is 9.78 Å². The highest BCUT2D eigenvalue weighted by Gasteiger charge is 2.31. The van der Waals surface area contributed by atoms with Crippen molar-refractivity contribution in [3.05, 3.63) is 60.2 Å². The number of carbonyl (C=O) groups is 1. The van der Waals surface area contributed by atoms with E-state index < -0.39 is 0 Å². The van der Waals surface area contributed by atoms with Gasteiger partial charge in [-0.15, -0.1) is 10.2 Å². The fourth-order valence-corrected chi connectivity index (χ4v) is 3.22. The van der Waals surface area contributed by atoms with Crippen molar-refractivity contribution >= 4 is 11.6 Å². The van der Waals surface area contributed by atoms with Crippen LogP contribution < -0.4 is 4.90 Å². The highest BCUT2D eigenvalue weighted by atomic mass is 16.4. The Bertz CT molecular complexity index is 921. The van der Waals surface area contributed by atoms with Crippen LogP contribution in [0, 0.1) is 0 Å². The van der Waals surface area contributed by atoms with Crippen LogP contribution in [0.5, 0.6) is 0 Å². The Hall–Kier alpha value is -3.22. The molecule has 0 N–H and O–H groups in total. The molecule has 1 aromatic carbocycles. The molecule has 1 atom stereocenters. The minimum absolute atomic E-state index is 0.0555. The molecule has 1 saturated heterocycles. The van der Waals surface area contributed by atoms with Gasteiger partial charge in [0, 0.05) is 44.6 Å². The third-order valence-corrected chi connectivity index (χ3v) is 4.78. The van der Waals surface area contributed by atoms with E-state index >= 15 is 0 Å².